The lowest BCUT2D eigenvalue weighted by Crippen LogP contribution is -2.08. The number of allylic oxidation sites excluding steroid dienone is 5. The van der Waals surface area contributed by atoms with E-state index in [0.29, 0.717) is 5.92 Å². The quantitative estimate of drug-likeness (QED) is 0.162. The lowest BCUT2D eigenvalue weighted by Gasteiger charge is -2.24. The summed E-state index contributed by atoms with van der Waals surface area (Å²) in [4.78, 5) is 0. The molecule has 1 unspecified atom stereocenters. The van der Waals surface area contributed by atoms with Crippen molar-refractivity contribution in [2.75, 3.05) is 10.6 Å². The Morgan fingerprint density at radius 1 is 0.571 bits per heavy atom. The van der Waals surface area contributed by atoms with E-state index in [1.54, 1.807) is 0 Å². The number of benzene rings is 7. The molecule has 0 saturated heterocycles. The summed E-state index contributed by atoms with van der Waals surface area (Å²) in [6.07, 6.45) is 14.5. The highest BCUT2D eigenvalue weighted by atomic mass is 32.1. The van der Waals surface area contributed by atoms with Crippen molar-refractivity contribution in [1.82, 2.24) is 0 Å². The van der Waals surface area contributed by atoms with Crippen LogP contribution < -0.4 is 10.6 Å². The second kappa shape index (κ2) is 14.7. The molecule has 2 aliphatic rings. The molecule has 2 nitrogen and oxygen atoms in total. The van der Waals surface area contributed by atoms with Crippen LogP contribution in [0.5, 0.6) is 0 Å². The maximum atomic E-state index is 3.95. The van der Waals surface area contributed by atoms with Crippen molar-refractivity contribution in [3.05, 3.63) is 193 Å². The van der Waals surface area contributed by atoms with Crippen LogP contribution in [-0.2, 0) is 6.42 Å². The van der Waals surface area contributed by atoms with Crippen LogP contribution in [0.3, 0.4) is 0 Å². The molecule has 2 aliphatic carbocycles. The van der Waals surface area contributed by atoms with Gasteiger partial charge < -0.3 is 10.6 Å². The van der Waals surface area contributed by atoms with Crippen molar-refractivity contribution >= 4 is 65.9 Å². The highest BCUT2D eigenvalue weighted by molar-refractivity contribution is 7.25. The SMILES string of the molecule is CC1C=Cc2c(-c3cccc4sc5ccccc5c34)ccc(Nc3ccccc3-c3cccc(-c4ccc(C5=CC=CCC5)c(Nc5ccccc5)c4)c3)c2C1. The Morgan fingerprint density at radius 2 is 1.34 bits per heavy atom. The number of hydrogen-bond donors (Lipinski definition) is 2. The minimum absolute atomic E-state index is 0.460. The zero-order valence-electron chi connectivity index (χ0n) is 31.4. The third-order valence-corrected chi connectivity index (χ3v) is 12.4. The summed E-state index contributed by atoms with van der Waals surface area (Å²) >= 11 is 1.88. The number of thiophene rings is 1. The van der Waals surface area contributed by atoms with Crippen molar-refractivity contribution < 1.29 is 0 Å². The van der Waals surface area contributed by atoms with E-state index in [2.05, 4.69) is 200 Å². The molecule has 0 fully saturated rings. The Labute approximate surface area is 333 Å². The first-order valence-electron chi connectivity index (χ1n) is 19.7. The average molecular weight is 739 g/mol. The van der Waals surface area contributed by atoms with Gasteiger partial charge in [0, 0.05) is 54.0 Å². The first kappa shape index (κ1) is 34.1. The van der Waals surface area contributed by atoms with Crippen molar-refractivity contribution in [2.24, 2.45) is 5.92 Å². The van der Waals surface area contributed by atoms with E-state index in [-0.39, 0.29) is 0 Å². The fraction of sp³-hybridized carbons (Fsp3) is 0.0943. The van der Waals surface area contributed by atoms with Gasteiger partial charge in [-0.15, -0.1) is 11.3 Å². The monoisotopic (exact) mass is 738 g/mol. The molecule has 2 N–H and O–H groups in total. The zero-order chi connectivity index (χ0) is 37.4. The van der Waals surface area contributed by atoms with Crippen molar-refractivity contribution in [3.8, 4) is 33.4 Å². The molecule has 0 saturated carbocycles. The summed E-state index contributed by atoms with van der Waals surface area (Å²) in [5.74, 6) is 0.460. The molecule has 56 heavy (non-hydrogen) atoms. The van der Waals surface area contributed by atoms with Crippen LogP contribution in [-0.4, -0.2) is 0 Å². The summed E-state index contributed by atoms with van der Waals surface area (Å²) in [5.41, 5.74) is 17.1. The predicted octanol–water partition coefficient (Wildman–Crippen LogP) is 15.5. The van der Waals surface area contributed by atoms with Gasteiger partial charge in [0.2, 0.25) is 0 Å². The molecule has 0 bridgehead atoms. The number of nitrogens with one attached hydrogen (secondary N) is 2. The molecule has 3 heteroatoms. The second-order valence-corrected chi connectivity index (χ2v) is 16.1. The van der Waals surface area contributed by atoms with Gasteiger partial charge in [-0.1, -0.05) is 140 Å². The maximum absolute atomic E-state index is 3.95. The van der Waals surface area contributed by atoms with Gasteiger partial charge in [-0.05, 0) is 118 Å². The molecule has 10 rings (SSSR count). The average Bonchev–Trinajstić information content (AvgIpc) is 3.64. The van der Waals surface area contributed by atoms with Crippen LogP contribution in [0.15, 0.2) is 176 Å². The van der Waals surface area contributed by atoms with Crippen molar-refractivity contribution in [2.45, 2.75) is 26.2 Å². The molecule has 0 radical (unpaired) electrons. The fourth-order valence-electron chi connectivity index (χ4n) is 8.54. The van der Waals surface area contributed by atoms with E-state index < -0.39 is 0 Å². The fourth-order valence-corrected chi connectivity index (χ4v) is 9.68. The number of fused-ring (bicyclic) bond motifs is 4. The van der Waals surface area contributed by atoms with Crippen LogP contribution in [0.25, 0.3) is 65.2 Å². The van der Waals surface area contributed by atoms with Crippen LogP contribution in [0.2, 0.25) is 0 Å². The number of para-hydroxylation sites is 2. The Bertz CT molecular complexity index is 2850. The molecular weight excluding hydrogens is 697 g/mol. The van der Waals surface area contributed by atoms with E-state index in [9.17, 15) is 0 Å². The number of rotatable bonds is 8. The molecule has 1 aromatic heterocycles. The van der Waals surface area contributed by atoms with Crippen LogP contribution >= 0.6 is 11.3 Å². The molecule has 270 valence electrons. The second-order valence-electron chi connectivity index (χ2n) is 15.0. The Balaban J connectivity index is 1.02. The van der Waals surface area contributed by atoms with Crippen LogP contribution in [0.4, 0.5) is 22.7 Å². The lowest BCUT2D eigenvalue weighted by atomic mass is 9.84. The smallest absolute Gasteiger partial charge is 0.0466 e. The van der Waals surface area contributed by atoms with Gasteiger partial charge in [0.05, 0.1) is 0 Å². The van der Waals surface area contributed by atoms with Gasteiger partial charge in [0.25, 0.3) is 0 Å². The minimum Gasteiger partial charge on any atom is -0.355 e. The van der Waals surface area contributed by atoms with Crippen LogP contribution in [0, 0.1) is 5.92 Å². The summed E-state index contributed by atoms with van der Waals surface area (Å²) in [5, 5.41) is 10.4. The summed E-state index contributed by atoms with van der Waals surface area (Å²) < 4.78 is 2.67. The predicted molar refractivity (Wildman–Crippen MR) is 243 cm³/mol. The van der Waals surface area contributed by atoms with Gasteiger partial charge >= 0.3 is 0 Å². The highest BCUT2D eigenvalue weighted by Crippen LogP contribution is 2.45. The lowest BCUT2D eigenvalue weighted by molar-refractivity contribution is 0.719. The summed E-state index contributed by atoms with van der Waals surface area (Å²) in [7, 11) is 0. The van der Waals surface area contributed by atoms with Crippen molar-refractivity contribution in [3.63, 3.8) is 0 Å². The standard InChI is InChI=1S/C53H42N2S/c1-35-26-28-44-43(45-22-13-25-52-53(45)46-21-9-11-24-51(46)56-52)30-31-49(47(44)32-35)55-48-23-10-8-20-41(48)39-17-12-16-37(33-39)38-27-29-42(36-14-4-2-5-15-36)50(34-38)54-40-18-6-3-7-19-40/h2-4,6-14,16-31,33-35,54-55H,5,15,32H2,1H3. The first-order chi connectivity index (χ1) is 27.7. The summed E-state index contributed by atoms with van der Waals surface area (Å²) in [6, 6.07) is 55.3. The molecule has 8 aromatic rings. The molecule has 7 aromatic carbocycles. The Hall–Kier alpha value is -6.42. The Kier molecular flexibility index (Phi) is 8.93. The van der Waals surface area contributed by atoms with Gasteiger partial charge in [-0.2, -0.15) is 0 Å². The van der Waals surface area contributed by atoms with E-state index in [4.69, 9.17) is 0 Å². The highest BCUT2D eigenvalue weighted by Gasteiger charge is 2.21. The number of hydrogen-bond acceptors (Lipinski definition) is 3. The molecule has 0 spiro atoms. The zero-order valence-corrected chi connectivity index (χ0v) is 32.2. The number of anilines is 4. The van der Waals surface area contributed by atoms with E-state index in [1.165, 1.54) is 81.5 Å². The third kappa shape index (κ3) is 6.44. The molecular formula is C53H42N2S. The Morgan fingerprint density at radius 3 is 2.25 bits per heavy atom. The molecule has 1 atom stereocenters. The topological polar surface area (TPSA) is 24.1 Å². The third-order valence-electron chi connectivity index (χ3n) is 11.3. The largest absolute Gasteiger partial charge is 0.355 e. The van der Waals surface area contributed by atoms with E-state index in [0.717, 1.165) is 36.3 Å². The molecule has 0 amide bonds. The molecule has 0 aliphatic heterocycles. The van der Waals surface area contributed by atoms with Gasteiger partial charge in [-0.3, -0.25) is 0 Å². The minimum atomic E-state index is 0.460. The normalized spacial score (nSPS) is 14.8. The van der Waals surface area contributed by atoms with E-state index in [1.807, 2.05) is 11.3 Å². The van der Waals surface area contributed by atoms with Gasteiger partial charge in [0.15, 0.2) is 0 Å². The molecule has 1 heterocycles. The summed E-state index contributed by atoms with van der Waals surface area (Å²) in [6.45, 7) is 2.32. The van der Waals surface area contributed by atoms with Crippen molar-refractivity contribution in [1.29, 1.82) is 0 Å². The van der Waals surface area contributed by atoms with Crippen LogP contribution in [0.1, 0.15) is 36.5 Å². The first-order valence-corrected chi connectivity index (χ1v) is 20.5. The van der Waals surface area contributed by atoms with Gasteiger partial charge in [0.1, 0.15) is 0 Å². The van der Waals surface area contributed by atoms with Gasteiger partial charge in [-0.25, -0.2) is 0 Å². The van der Waals surface area contributed by atoms with E-state index >= 15 is 0 Å². The maximum Gasteiger partial charge on any atom is 0.0466 e.